The van der Waals surface area contributed by atoms with Crippen LogP contribution in [0.2, 0.25) is 0 Å². The molecular formula is C13H21NO2. The Balaban J connectivity index is 0. The third kappa shape index (κ3) is 7.76. The summed E-state index contributed by atoms with van der Waals surface area (Å²) < 4.78 is 0.903. The van der Waals surface area contributed by atoms with Gasteiger partial charge in [0.05, 0.1) is 26.2 Å². The molecule has 0 aromatic carbocycles. The summed E-state index contributed by atoms with van der Waals surface area (Å²) in [6.07, 6.45) is 7.76. The topological polar surface area (TPSA) is 40.1 Å². The second-order valence-corrected chi connectivity index (χ2v) is 3.32. The summed E-state index contributed by atoms with van der Waals surface area (Å²) in [6.45, 7) is 18.3. The van der Waals surface area contributed by atoms with Crippen LogP contribution in [-0.4, -0.2) is 37.1 Å². The number of carboxylic acid groups (broad SMARTS) is 1. The van der Waals surface area contributed by atoms with Crippen molar-refractivity contribution in [2.24, 2.45) is 0 Å². The Bertz CT molecular complexity index is 189. The second kappa shape index (κ2) is 11.5. The molecule has 0 N–H and O–H groups in total. The van der Waals surface area contributed by atoms with Gasteiger partial charge < -0.3 is 14.4 Å². The molecule has 0 bridgehead atoms. The third-order valence-corrected chi connectivity index (χ3v) is 2.07. The van der Waals surface area contributed by atoms with Crippen LogP contribution < -0.4 is 5.11 Å². The summed E-state index contributed by atoms with van der Waals surface area (Å²) in [5.74, 6) is 0. The summed E-state index contributed by atoms with van der Waals surface area (Å²) in [6, 6.07) is 0. The summed E-state index contributed by atoms with van der Waals surface area (Å²) in [7, 11) is 0. The maximum absolute atomic E-state index is 8.25. The predicted octanol–water partition coefficient (Wildman–Crippen LogP) is 0.913. The molecule has 0 amide bonds. The van der Waals surface area contributed by atoms with Crippen LogP contribution in [0.4, 0.5) is 0 Å². The molecule has 0 spiro atoms. The van der Waals surface area contributed by atoms with E-state index in [1.165, 1.54) is 0 Å². The minimum absolute atomic E-state index is 0.500. The Kier molecular flexibility index (Phi) is 12.0. The summed E-state index contributed by atoms with van der Waals surface area (Å²) in [5, 5.41) is 8.25. The van der Waals surface area contributed by atoms with Gasteiger partial charge in [0.2, 0.25) is 0 Å². The van der Waals surface area contributed by atoms with E-state index >= 15 is 0 Å². The Morgan fingerprint density at radius 1 is 0.812 bits per heavy atom. The normalized spacial score (nSPS) is 9.25. The zero-order chi connectivity index (χ0) is 12.9. The van der Waals surface area contributed by atoms with Crippen molar-refractivity contribution in [2.45, 2.75) is 0 Å². The second-order valence-electron chi connectivity index (χ2n) is 3.32. The zero-order valence-corrected chi connectivity index (χ0v) is 9.81. The molecular weight excluding hydrogens is 202 g/mol. The Labute approximate surface area is 98.3 Å². The molecule has 0 fully saturated rings. The molecule has 0 radical (unpaired) electrons. The fraction of sp³-hybridized carbons (Fsp3) is 0.308. The highest BCUT2D eigenvalue weighted by atomic mass is 16.3. The van der Waals surface area contributed by atoms with Gasteiger partial charge in [0.25, 0.3) is 0 Å². The standard InChI is InChI=1S/C12H20N.CH2O2/c1-5-9-13(10-6-2,11-7-3)12-8-4;2-1-3/h5-8H,1-4,9-12H2;1H,(H,2,3)/q+1;/p-1. The van der Waals surface area contributed by atoms with Crippen molar-refractivity contribution < 1.29 is 14.4 Å². The summed E-state index contributed by atoms with van der Waals surface area (Å²) >= 11 is 0. The number of hydrogen-bond donors (Lipinski definition) is 0. The molecule has 3 heteroatoms. The van der Waals surface area contributed by atoms with Crippen LogP contribution in [-0.2, 0) is 4.79 Å². The van der Waals surface area contributed by atoms with Gasteiger partial charge in [-0.3, -0.25) is 0 Å². The minimum Gasteiger partial charge on any atom is -0.554 e. The average Bonchev–Trinajstić information content (AvgIpc) is 2.20. The van der Waals surface area contributed by atoms with E-state index in [0.29, 0.717) is 0 Å². The van der Waals surface area contributed by atoms with Crippen LogP contribution in [0.25, 0.3) is 0 Å². The molecule has 0 aliphatic carbocycles. The lowest BCUT2D eigenvalue weighted by Crippen LogP contribution is -2.48. The van der Waals surface area contributed by atoms with Gasteiger partial charge >= 0.3 is 0 Å². The van der Waals surface area contributed by atoms with E-state index < -0.39 is 6.47 Å². The number of rotatable bonds is 8. The van der Waals surface area contributed by atoms with Gasteiger partial charge in [-0.1, -0.05) is 26.3 Å². The minimum atomic E-state index is -0.500. The quantitative estimate of drug-likeness (QED) is 0.349. The average molecular weight is 223 g/mol. The lowest BCUT2D eigenvalue weighted by Gasteiger charge is -2.35. The first-order valence-electron chi connectivity index (χ1n) is 5.00. The van der Waals surface area contributed by atoms with Crippen molar-refractivity contribution in [3.63, 3.8) is 0 Å². The molecule has 0 aliphatic heterocycles. The summed E-state index contributed by atoms with van der Waals surface area (Å²) in [5.41, 5.74) is 0. The molecule has 0 rings (SSSR count). The number of nitrogens with zero attached hydrogens (tertiary/aromatic N) is 1. The number of carbonyl (C=O) groups is 1. The maximum Gasteiger partial charge on any atom is 0.0978 e. The molecule has 0 saturated carbocycles. The van der Waals surface area contributed by atoms with E-state index in [2.05, 4.69) is 26.3 Å². The smallest absolute Gasteiger partial charge is 0.0978 e. The SMILES string of the molecule is C=CC[N+](CC=C)(CC=C)CC=C.O=C[O-]. The number of hydrogen-bond acceptors (Lipinski definition) is 2. The molecule has 0 saturated heterocycles. The van der Waals surface area contributed by atoms with Gasteiger partial charge in [-0.05, 0) is 24.3 Å². The maximum atomic E-state index is 8.25. The van der Waals surface area contributed by atoms with Crippen LogP contribution in [0.1, 0.15) is 0 Å². The van der Waals surface area contributed by atoms with E-state index in [-0.39, 0.29) is 0 Å². The lowest BCUT2D eigenvalue weighted by molar-refractivity contribution is -0.906. The molecule has 0 aromatic heterocycles. The monoisotopic (exact) mass is 223 g/mol. The molecule has 0 unspecified atom stereocenters. The van der Waals surface area contributed by atoms with Gasteiger partial charge in [-0.2, -0.15) is 0 Å². The molecule has 0 atom stereocenters. The van der Waals surface area contributed by atoms with Gasteiger partial charge in [0.15, 0.2) is 0 Å². The Morgan fingerprint density at radius 3 is 1.12 bits per heavy atom. The van der Waals surface area contributed by atoms with Gasteiger partial charge in [-0.25, -0.2) is 0 Å². The van der Waals surface area contributed by atoms with Crippen molar-refractivity contribution in [1.82, 2.24) is 0 Å². The Hall–Kier alpha value is -1.61. The highest BCUT2D eigenvalue weighted by Gasteiger charge is 2.20. The fourth-order valence-electron chi connectivity index (χ4n) is 1.54. The third-order valence-electron chi connectivity index (χ3n) is 2.07. The predicted molar refractivity (Wildman–Crippen MR) is 66.6 cm³/mol. The molecule has 0 aromatic rings. The van der Waals surface area contributed by atoms with E-state index in [4.69, 9.17) is 9.90 Å². The van der Waals surface area contributed by atoms with Crippen LogP contribution in [0.15, 0.2) is 50.6 Å². The highest BCUT2D eigenvalue weighted by molar-refractivity contribution is 5.29. The first-order chi connectivity index (χ1) is 7.66. The molecule has 0 heterocycles. The van der Waals surface area contributed by atoms with Gasteiger partial charge in [-0.15, -0.1) is 0 Å². The lowest BCUT2D eigenvalue weighted by atomic mass is 10.3. The van der Waals surface area contributed by atoms with Crippen LogP contribution >= 0.6 is 0 Å². The van der Waals surface area contributed by atoms with E-state index in [0.717, 1.165) is 30.7 Å². The highest BCUT2D eigenvalue weighted by Crippen LogP contribution is 2.07. The van der Waals surface area contributed by atoms with Crippen molar-refractivity contribution >= 4 is 6.47 Å². The van der Waals surface area contributed by atoms with Crippen molar-refractivity contribution in [3.05, 3.63) is 50.6 Å². The van der Waals surface area contributed by atoms with Crippen LogP contribution in [0, 0.1) is 0 Å². The first kappa shape index (κ1) is 16.8. The van der Waals surface area contributed by atoms with Crippen LogP contribution in [0.3, 0.4) is 0 Å². The zero-order valence-electron chi connectivity index (χ0n) is 9.81. The number of carbonyl (C=O) groups excluding carboxylic acids is 1. The van der Waals surface area contributed by atoms with Crippen molar-refractivity contribution in [2.75, 3.05) is 26.2 Å². The molecule has 90 valence electrons. The van der Waals surface area contributed by atoms with Gasteiger partial charge in [0, 0.05) is 6.47 Å². The molecule has 0 aliphatic rings. The van der Waals surface area contributed by atoms with E-state index in [1.54, 1.807) is 0 Å². The molecule has 16 heavy (non-hydrogen) atoms. The van der Waals surface area contributed by atoms with Crippen molar-refractivity contribution in [1.29, 1.82) is 0 Å². The van der Waals surface area contributed by atoms with E-state index in [1.807, 2.05) is 24.3 Å². The summed E-state index contributed by atoms with van der Waals surface area (Å²) in [4.78, 5) is 8.25. The Morgan fingerprint density at radius 2 is 1.00 bits per heavy atom. The van der Waals surface area contributed by atoms with Crippen LogP contribution in [0.5, 0.6) is 0 Å². The largest absolute Gasteiger partial charge is 0.554 e. The number of quaternary nitrogens is 1. The van der Waals surface area contributed by atoms with Gasteiger partial charge in [0.1, 0.15) is 0 Å². The first-order valence-corrected chi connectivity index (χ1v) is 5.00. The fourth-order valence-corrected chi connectivity index (χ4v) is 1.54. The molecule has 3 nitrogen and oxygen atoms in total. The van der Waals surface area contributed by atoms with Crippen molar-refractivity contribution in [3.8, 4) is 0 Å². The van der Waals surface area contributed by atoms with E-state index in [9.17, 15) is 0 Å².